The van der Waals surface area contributed by atoms with E-state index >= 15 is 0 Å². The molecule has 0 saturated heterocycles. The maximum Gasteiger partial charge on any atom is 0.229 e. The van der Waals surface area contributed by atoms with Gasteiger partial charge in [-0.2, -0.15) is 0 Å². The van der Waals surface area contributed by atoms with Crippen LogP contribution in [0, 0.1) is 0 Å². The summed E-state index contributed by atoms with van der Waals surface area (Å²) >= 11 is 0. The van der Waals surface area contributed by atoms with Gasteiger partial charge in [0.25, 0.3) is 0 Å². The van der Waals surface area contributed by atoms with Crippen molar-refractivity contribution in [1.82, 2.24) is 5.32 Å². The van der Waals surface area contributed by atoms with Crippen molar-refractivity contribution in [2.75, 3.05) is 31.7 Å². The molecule has 0 saturated carbocycles. The Bertz CT molecular complexity index is 1220. The second-order valence-electron chi connectivity index (χ2n) is 8.35. The van der Waals surface area contributed by atoms with Crippen LogP contribution in [0.1, 0.15) is 22.7 Å². The zero-order valence-electron chi connectivity index (χ0n) is 20.1. The standard InChI is InChI=1S/C26H32N2O6S/c1-33-25-12-10-20(16-26(25)34-2)22(14-18-7-5-4-6-8-18)27-17-21(29)13-19-9-11-24(30)23(15-19)28-35(3,31)32/h4-12,15-16,21-22,27-30H,13-14,17H2,1-3H3/t21?,22-/m1/s1. The maximum absolute atomic E-state index is 11.5. The molecule has 3 rings (SSSR count). The van der Waals surface area contributed by atoms with Gasteiger partial charge in [-0.05, 0) is 53.8 Å². The van der Waals surface area contributed by atoms with Crippen molar-refractivity contribution in [3.63, 3.8) is 0 Å². The van der Waals surface area contributed by atoms with Crippen molar-refractivity contribution in [2.45, 2.75) is 25.0 Å². The molecule has 0 aliphatic heterocycles. The second kappa shape index (κ2) is 11.9. The average Bonchev–Trinajstić information content (AvgIpc) is 2.83. The van der Waals surface area contributed by atoms with E-state index in [1.54, 1.807) is 20.3 Å². The van der Waals surface area contributed by atoms with Crippen LogP contribution in [0.5, 0.6) is 17.2 Å². The summed E-state index contributed by atoms with van der Waals surface area (Å²) in [7, 11) is -0.358. The van der Waals surface area contributed by atoms with Gasteiger partial charge in [0.15, 0.2) is 11.5 Å². The minimum absolute atomic E-state index is 0.0810. The molecule has 3 aromatic carbocycles. The number of methoxy groups -OCH3 is 2. The molecule has 8 nitrogen and oxygen atoms in total. The first-order valence-electron chi connectivity index (χ1n) is 11.2. The van der Waals surface area contributed by atoms with Gasteiger partial charge in [0, 0.05) is 12.6 Å². The molecule has 9 heteroatoms. The Morgan fingerprint density at radius 1 is 0.886 bits per heavy atom. The number of rotatable bonds is 12. The fourth-order valence-corrected chi connectivity index (χ4v) is 4.40. The van der Waals surface area contributed by atoms with Crippen LogP contribution in [0.2, 0.25) is 0 Å². The molecule has 0 radical (unpaired) electrons. The highest BCUT2D eigenvalue weighted by atomic mass is 32.2. The number of phenols is 1. The van der Waals surface area contributed by atoms with Crippen molar-refractivity contribution in [2.24, 2.45) is 0 Å². The number of nitrogens with one attached hydrogen (secondary N) is 2. The quantitative estimate of drug-likeness (QED) is 0.282. The van der Waals surface area contributed by atoms with Gasteiger partial charge in [-0.3, -0.25) is 4.72 Å². The molecule has 0 aromatic heterocycles. The Kier molecular flexibility index (Phi) is 8.97. The summed E-state index contributed by atoms with van der Waals surface area (Å²) in [5.74, 6) is 1.09. The van der Waals surface area contributed by atoms with Gasteiger partial charge in [-0.25, -0.2) is 8.42 Å². The summed E-state index contributed by atoms with van der Waals surface area (Å²) in [5.41, 5.74) is 2.90. The Morgan fingerprint density at radius 3 is 2.26 bits per heavy atom. The molecule has 0 heterocycles. The normalized spacial score (nSPS) is 13.1. The van der Waals surface area contributed by atoms with Crippen molar-refractivity contribution in [3.05, 3.63) is 83.4 Å². The highest BCUT2D eigenvalue weighted by Crippen LogP contribution is 2.31. The lowest BCUT2D eigenvalue weighted by molar-refractivity contribution is 0.167. The van der Waals surface area contributed by atoms with Crippen LogP contribution >= 0.6 is 0 Å². The second-order valence-corrected chi connectivity index (χ2v) is 10.1. The summed E-state index contributed by atoms with van der Waals surface area (Å²) in [6.07, 6.45) is 1.24. The number of sulfonamides is 1. The summed E-state index contributed by atoms with van der Waals surface area (Å²) in [6.45, 7) is 0.293. The summed E-state index contributed by atoms with van der Waals surface area (Å²) in [6, 6.07) is 20.3. The van der Waals surface area contributed by atoms with Crippen LogP contribution in [0.15, 0.2) is 66.7 Å². The minimum Gasteiger partial charge on any atom is -0.506 e. The van der Waals surface area contributed by atoms with Gasteiger partial charge in [0.1, 0.15) is 5.75 Å². The Balaban J connectivity index is 1.74. The van der Waals surface area contributed by atoms with E-state index in [0.717, 1.165) is 17.4 Å². The largest absolute Gasteiger partial charge is 0.506 e. The lowest BCUT2D eigenvalue weighted by atomic mass is 9.97. The molecule has 2 atom stereocenters. The van der Waals surface area contributed by atoms with E-state index in [0.29, 0.717) is 30.0 Å². The third-order valence-corrected chi connectivity index (χ3v) is 6.11. The Labute approximate surface area is 206 Å². The Hall–Kier alpha value is -3.27. The van der Waals surface area contributed by atoms with Crippen LogP contribution in [-0.2, 0) is 22.9 Å². The number of hydrogen-bond acceptors (Lipinski definition) is 7. The first kappa shape index (κ1) is 26.3. The molecule has 1 unspecified atom stereocenters. The van der Waals surface area contributed by atoms with Crippen LogP contribution in [0.4, 0.5) is 5.69 Å². The molecule has 0 bridgehead atoms. The van der Waals surface area contributed by atoms with Crippen molar-refractivity contribution in [3.8, 4) is 17.2 Å². The van der Waals surface area contributed by atoms with Gasteiger partial charge < -0.3 is 25.0 Å². The monoisotopic (exact) mass is 500 g/mol. The highest BCUT2D eigenvalue weighted by molar-refractivity contribution is 7.92. The van der Waals surface area contributed by atoms with E-state index in [9.17, 15) is 18.6 Å². The van der Waals surface area contributed by atoms with E-state index in [1.165, 1.54) is 12.1 Å². The van der Waals surface area contributed by atoms with Crippen LogP contribution in [0.3, 0.4) is 0 Å². The van der Waals surface area contributed by atoms with E-state index in [-0.39, 0.29) is 23.9 Å². The third kappa shape index (κ3) is 7.88. The third-order valence-electron chi connectivity index (χ3n) is 5.52. The molecule has 35 heavy (non-hydrogen) atoms. The number of hydrogen-bond donors (Lipinski definition) is 4. The van der Waals surface area contributed by atoms with Crippen LogP contribution in [0.25, 0.3) is 0 Å². The van der Waals surface area contributed by atoms with E-state index in [4.69, 9.17) is 9.47 Å². The molecule has 0 aliphatic rings. The number of aliphatic hydroxyl groups excluding tert-OH is 1. The molecule has 0 amide bonds. The molecule has 0 aliphatic carbocycles. The zero-order chi connectivity index (χ0) is 25.4. The van der Waals surface area contributed by atoms with E-state index in [2.05, 4.69) is 22.2 Å². The van der Waals surface area contributed by atoms with Crippen molar-refractivity contribution < 1.29 is 28.1 Å². The number of aromatic hydroxyl groups is 1. The fourth-order valence-electron chi connectivity index (χ4n) is 3.84. The number of benzene rings is 3. The number of aliphatic hydroxyl groups is 1. The SMILES string of the molecule is COc1ccc([C@@H](Cc2ccccc2)NCC(O)Cc2ccc(O)c(NS(C)(=O)=O)c2)cc1OC. The lowest BCUT2D eigenvalue weighted by Crippen LogP contribution is -2.32. The number of phenolic OH excluding ortho intramolecular Hbond substituents is 1. The molecule has 188 valence electrons. The van der Waals surface area contributed by atoms with Gasteiger partial charge in [-0.15, -0.1) is 0 Å². The van der Waals surface area contributed by atoms with E-state index in [1.807, 2.05) is 36.4 Å². The maximum atomic E-state index is 11.5. The predicted molar refractivity (Wildman–Crippen MR) is 137 cm³/mol. The fraction of sp³-hybridized carbons (Fsp3) is 0.308. The predicted octanol–water partition coefficient (Wildman–Crippen LogP) is 3.26. The number of anilines is 1. The van der Waals surface area contributed by atoms with Crippen LogP contribution < -0.4 is 19.5 Å². The topological polar surface area (TPSA) is 117 Å². The first-order valence-corrected chi connectivity index (χ1v) is 13.0. The molecule has 0 fully saturated rings. The van der Waals surface area contributed by atoms with Crippen molar-refractivity contribution >= 4 is 15.7 Å². The average molecular weight is 501 g/mol. The van der Waals surface area contributed by atoms with Crippen LogP contribution in [-0.4, -0.2) is 51.8 Å². The summed E-state index contributed by atoms with van der Waals surface area (Å²) in [5, 5.41) is 24.1. The summed E-state index contributed by atoms with van der Waals surface area (Å²) in [4.78, 5) is 0. The smallest absolute Gasteiger partial charge is 0.229 e. The number of ether oxygens (including phenoxy) is 2. The molecule has 0 spiro atoms. The summed E-state index contributed by atoms with van der Waals surface area (Å²) < 4.78 is 36.2. The molecule has 4 N–H and O–H groups in total. The van der Waals surface area contributed by atoms with E-state index < -0.39 is 16.1 Å². The zero-order valence-corrected chi connectivity index (χ0v) is 20.9. The van der Waals surface area contributed by atoms with Crippen molar-refractivity contribution in [1.29, 1.82) is 0 Å². The molecule has 3 aromatic rings. The Morgan fingerprint density at radius 2 is 1.60 bits per heavy atom. The highest BCUT2D eigenvalue weighted by Gasteiger charge is 2.17. The van der Waals surface area contributed by atoms with Gasteiger partial charge in [0.05, 0.1) is 32.3 Å². The molecular formula is C26H32N2O6S. The van der Waals surface area contributed by atoms with Gasteiger partial charge in [-0.1, -0.05) is 42.5 Å². The molecular weight excluding hydrogens is 468 g/mol. The minimum atomic E-state index is -3.54. The van der Waals surface area contributed by atoms with Gasteiger partial charge in [0.2, 0.25) is 10.0 Å². The lowest BCUT2D eigenvalue weighted by Gasteiger charge is -2.23. The first-order chi connectivity index (χ1) is 16.7. The van der Waals surface area contributed by atoms with Gasteiger partial charge >= 0.3 is 0 Å².